The van der Waals surface area contributed by atoms with Gasteiger partial charge in [0.05, 0.1) is 11.6 Å². The third-order valence-electron chi connectivity index (χ3n) is 3.15. The molecule has 21 heavy (non-hydrogen) atoms. The summed E-state index contributed by atoms with van der Waals surface area (Å²) >= 11 is 0. The average molecular weight is 286 g/mol. The zero-order chi connectivity index (χ0) is 15.8. The average Bonchev–Trinajstić information content (AvgIpc) is 2.49. The first kappa shape index (κ1) is 16.4. The lowest BCUT2D eigenvalue weighted by atomic mass is 10.1. The zero-order valence-electron chi connectivity index (χ0n) is 12.1. The number of carbonyl (C=O) groups excluding carboxylic acids is 1. The van der Waals surface area contributed by atoms with E-state index in [1.165, 1.54) is 11.0 Å². The fraction of sp³-hybridized carbons (Fsp3) is 0.312. The maximum atomic E-state index is 12.1. The maximum Gasteiger partial charge on any atom is 0.323 e. The molecule has 0 heterocycles. The van der Waals surface area contributed by atoms with Crippen molar-refractivity contribution in [2.45, 2.75) is 26.3 Å². The van der Waals surface area contributed by atoms with Crippen LogP contribution in [0.5, 0.6) is 0 Å². The number of hydrogen-bond acceptors (Lipinski definition) is 3. The molecule has 0 saturated carbocycles. The van der Waals surface area contributed by atoms with Gasteiger partial charge in [-0.05, 0) is 37.1 Å². The van der Waals surface area contributed by atoms with E-state index in [1.54, 1.807) is 30.3 Å². The van der Waals surface area contributed by atoms with Crippen LogP contribution in [0, 0.1) is 11.3 Å². The molecule has 0 saturated heterocycles. The van der Waals surface area contributed by atoms with Crippen LogP contribution >= 0.6 is 0 Å². The van der Waals surface area contributed by atoms with Gasteiger partial charge in [-0.2, -0.15) is 5.26 Å². The lowest BCUT2D eigenvalue weighted by Gasteiger charge is -2.25. The molecule has 1 N–H and O–H groups in total. The van der Waals surface area contributed by atoms with E-state index in [0.717, 1.165) is 5.56 Å². The van der Waals surface area contributed by atoms with Gasteiger partial charge in [-0.15, -0.1) is 0 Å². The van der Waals surface area contributed by atoms with Crippen LogP contribution in [0.1, 0.15) is 31.4 Å². The molecule has 0 aliphatic heterocycles. The summed E-state index contributed by atoms with van der Waals surface area (Å²) in [7, 11) is 0. The molecule has 1 unspecified atom stereocenters. The zero-order valence-corrected chi connectivity index (χ0v) is 12.1. The Hall–Kier alpha value is -2.61. The van der Waals surface area contributed by atoms with Gasteiger partial charge in [0.15, 0.2) is 0 Å². The van der Waals surface area contributed by atoms with Gasteiger partial charge in [-0.1, -0.05) is 19.1 Å². The summed E-state index contributed by atoms with van der Waals surface area (Å²) in [6, 6.07) is 8.71. The molecule has 0 fully saturated rings. The van der Waals surface area contributed by atoms with Gasteiger partial charge in [-0.3, -0.25) is 9.59 Å². The second kappa shape index (κ2) is 7.85. The normalized spacial score (nSPS) is 11.9. The Balaban J connectivity index is 2.87. The van der Waals surface area contributed by atoms with Crippen molar-refractivity contribution >= 4 is 18.0 Å². The first-order valence-corrected chi connectivity index (χ1v) is 6.68. The molecule has 0 radical (unpaired) electrons. The van der Waals surface area contributed by atoms with Gasteiger partial charge >= 0.3 is 5.97 Å². The minimum absolute atomic E-state index is 0.149. The number of amides is 1. The molecule has 5 nitrogen and oxygen atoms in total. The molecule has 1 aromatic rings. The summed E-state index contributed by atoms with van der Waals surface area (Å²) in [4.78, 5) is 24.3. The van der Waals surface area contributed by atoms with Gasteiger partial charge in [0.25, 0.3) is 0 Å². The van der Waals surface area contributed by atoms with Crippen molar-refractivity contribution in [3.8, 4) is 6.07 Å². The number of carbonyl (C=O) groups is 2. The van der Waals surface area contributed by atoms with Gasteiger partial charge < -0.3 is 10.0 Å². The Morgan fingerprint density at radius 2 is 2.19 bits per heavy atom. The Morgan fingerprint density at radius 3 is 2.76 bits per heavy atom. The van der Waals surface area contributed by atoms with E-state index in [1.807, 2.05) is 19.9 Å². The van der Waals surface area contributed by atoms with Crippen LogP contribution in [0.3, 0.4) is 0 Å². The van der Waals surface area contributed by atoms with Crippen molar-refractivity contribution in [3.63, 3.8) is 0 Å². The highest BCUT2D eigenvalue weighted by atomic mass is 16.4. The highest BCUT2D eigenvalue weighted by molar-refractivity contribution is 5.93. The smallest absolute Gasteiger partial charge is 0.323 e. The number of rotatable bonds is 6. The minimum atomic E-state index is -1.04. The number of nitrogens with zero attached hydrogens (tertiary/aromatic N) is 2. The highest BCUT2D eigenvalue weighted by Gasteiger charge is 2.19. The molecule has 0 aromatic heterocycles. The Labute approximate surface area is 124 Å². The summed E-state index contributed by atoms with van der Waals surface area (Å²) < 4.78 is 0. The number of nitriles is 1. The predicted molar refractivity (Wildman–Crippen MR) is 79.3 cm³/mol. The number of hydrogen-bond donors (Lipinski definition) is 1. The van der Waals surface area contributed by atoms with Crippen molar-refractivity contribution in [2.24, 2.45) is 0 Å². The lowest BCUT2D eigenvalue weighted by Crippen LogP contribution is -2.40. The summed E-state index contributed by atoms with van der Waals surface area (Å²) in [5.74, 6) is -1.39. The van der Waals surface area contributed by atoms with Crippen molar-refractivity contribution in [2.75, 3.05) is 6.54 Å². The fourth-order valence-corrected chi connectivity index (χ4v) is 1.79. The number of aliphatic carboxylic acids is 1. The van der Waals surface area contributed by atoms with Crippen LogP contribution < -0.4 is 0 Å². The summed E-state index contributed by atoms with van der Waals surface area (Å²) in [6.45, 7) is 3.38. The van der Waals surface area contributed by atoms with Gasteiger partial charge in [0.2, 0.25) is 5.91 Å². The molecule has 0 aliphatic carbocycles. The number of carboxylic acids is 1. The van der Waals surface area contributed by atoms with Crippen molar-refractivity contribution in [1.82, 2.24) is 4.90 Å². The topological polar surface area (TPSA) is 81.4 Å². The summed E-state index contributed by atoms with van der Waals surface area (Å²) in [5, 5.41) is 17.7. The van der Waals surface area contributed by atoms with E-state index in [0.29, 0.717) is 12.0 Å². The first-order valence-electron chi connectivity index (χ1n) is 6.68. The maximum absolute atomic E-state index is 12.1. The Kier molecular flexibility index (Phi) is 6.15. The predicted octanol–water partition coefficient (Wildman–Crippen LogP) is 2.28. The standard InChI is InChI=1S/C16H18N2O3/c1-3-12(2)18(11-16(20)21)15(19)8-7-13-5-4-6-14(9-13)10-17/h4-9,12H,3,11H2,1-2H3,(H,20,21)/b8-7+. The van der Waals surface area contributed by atoms with E-state index in [4.69, 9.17) is 10.4 Å². The molecule has 0 aliphatic rings. The Bertz CT molecular complexity index is 587. The van der Waals surface area contributed by atoms with Crippen molar-refractivity contribution in [1.29, 1.82) is 5.26 Å². The Morgan fingerprint density at radius 1 is 1.48 bits per heavy atom. The van der Waals surface area contributed by atoms with Crippen LogP contribution in [-0.2, 0) is 9.59 Å². The van der Waals surface area contributed by atoms with Crippen LogP contribution in [0.4, 0.5) is 0 Å². The van der Waals surface area contributed by atoms with E-state index < -0.39 is 5.97 Å². The van der Waals surface area contributed by atoms with Crippen LogP contribution in [-0.4, -0.2) is 34.5 Å². The van der Waals surface area contributed by atoms with Gasteiger partial charge in [-0.25, -0.2) is 0 Å². The largest absolute Gasteiger partial charge is 0.480 e. The fourth-order valence-electron chi connectivity index (χ4n) is 1.79. The second-order valence-corrected chi connectivity index (χ2v) is 4.69. The monoisotopic (exact) mass is 286 g/mol. The van der Waals surface area contributed by atoms with E-state index >= 15 is 0 Å². The van der Waals surface area contributed by atoms with E-state index in [2.05, 4.69) is 0 Å². The molecule has 0 spiro atoms. The van der Waals surface area contributed by atoms with Crippen LogP contribution in [0.2, 0.25) is 0 Å². The SMILES string of the molecule is CCC(C)N(CC(=O)O)C(=O)/C=C/c1cccc(C#N)c1. The summed E-state index contributed by atoms with van der Waals surface area (Å²) in [6.07, 6.45) is 3.60. The molecule has 1 amide bonds. The molecule has 0 bridgehead atoms. The lowest BCUT2D eigenvalue weighted by molar-refractivity contribution is -0.144. The third-order valence-corrected chi connectivity index (χ3v) is 3.15. The third kappa shape index (κ3) is 5.11. The van der Waals surface area contributed by atoms with Gasteiger partial charge in [0.1, 0.15) is 6.54 Å². The molecule has 110 valence electrons. The van der Waals surface area contributed by atoms with E-state index in [-0.39, 0.29) is 18.5 Å². The molecule has 1 aromatic carbocycles. The highest BCUT2D eigenvalue weighted by Crippen LogP contribution is 2.09. The first-order chi connectivity index (χ1) is 9.97. The van der Waals surface area contributed by atoms with Crippen molar-refractivity contribution in [3.05, 3.63) is 41.5 Å². The van der Waals surface area contributed by atoms with Crippen LogP contribution in [0.15, 0.2) is 30.3 Å². The van der Waals surface area contributed by atoms with Crippen molar-refractivity contribution < 1.29 is 14.7 Å². The minimum Gasteiger partial charge on any atom is -0.480 e. The second-order valence-electron chi connectivity index (χ2n) is 4.69. The molecule has 5 heteroatoms. The molecular formula is C16H18N2O3. The quantitative estimate of drug-likeness (QED) is 0.813. The van der Waals surface area contributed by atoms with Gasteiger partial charge in [0, 0.05) is 12.1 Å². The number of carboxylic acid groups (broad SMARTS) is 1. The number of benzene rings is 1. The molecule has 1 rings (SSSR count). The van der Waals surface area contributed by atoms with E-state index in [9.17, 15) is 9.59 Å². The summed E-state index contributed by atoms with van der Waals surface area (Å²) in [5.41, 5.74) is 1.23. The van der Waals surface area contributed by atoms with Crippen LogP contribution in [0.25, 0.3) is 6.08 Å². The molecule has 1 atom stereocenters. The molecular weight excluding hydrogens is 268 g/mol.